The van der Waals surface area contributed by atoms with Crippen LogP contribution in [0.15, 0.2) is 54.6 Å². The molecule has 6 nitrogen and oxygen atoms in total. The lowest BCUT2D eigenvalue weighted by atomic mass is 10.2. The van der Waals surface area contributed by atoms with Gasteiger partial charge in [-0.1, -0.05) is 48.0 Å². The number of amides is 4. The van der Waals surface area contributed by atoms with E-state index in [9.17, 15) is 14.4 Å². The lowest BCUT2D eigenvalue weighted by molar-refractivity contribution is -0.131. The van der Waals surface area contributed by atoms with Crippen molar-refractivity contribution in [2.45, 2.75) is 26.4 Å². The van der Waals surface area contributed by atoms with E-state index in [2.05, 4.69) is 5.32 Å². The second kappa shape index (κ2) is 7.39. The first-order valence-electron chi connectivity index (χ1n) is 8.49. The first-order chi connectivity index (χ1) is 12.5. The van der Waals surface area contributed by atoms with Crippen LogP contribution in [0, 0.1) is 6.92 Å². The number of imide groups is 1. The summed E-state index contributed by atoms with van der Waals surface area (Å²) in [6.45, 7) is 3.69. The van der Waals surface area contributed by atoms with Crippen LogP contribution in [0.2, 0.25) is 0 Å². The smallest absolute Gasteiger partial charge is 0.332 e. The van der Waals surface area contributed by atoms with Gasteiger partial charge in [0.2, 0.25) is 5.91 Å². The molecule has 0 saturated carbocycles. The zero-order valence-corrected chi connectivity index (χ0v) is 14.8. The highest BCUT2D eigenvalue weighted by atomic mass is 16.2. The van der Waals surface area contributed by atoms with Gasteiger partial charge in [0, 0.05) is 12.2 Å². The summed E-state index contributed by atoms with van der Waals surface area (Å²) in [4.78, 5) is 39.7. The predicted molar refractivity (Wildman–Crippen MR) is 98.5 cm³/mol. The lowest BCUT2D eigenvalue weighted by Crippen LogP contribution is -2.41. The zero-order chi connectivity index (χ0) is 18.7. The average Bonchev–Trinajstić information content (AvgIpc) is 2.85. The first-order valence-corrected chi connectivity index (χ1v) is 8.49. The number of hydrogen-bond donors (Lipinski definition) is 1. The maximum absolute atomic E-state index is 12.7. The molecule has 0 spiro atoms. The van der Waals surface area contributed by atoms with E-state index in [1.54, 1.807) is 19.1 Å². The van der Waals surface area contributed by atoms with Gasteiger partial charge in [-0.2, -0.15) is 0 Å². The van der Waals surface area contributed by atoms with Gasteiger partial charge >= 0.3 is 6.03 Å². The van der Waals surface area contributed by atoms with Crippen molar-refractivity contribution in [1.82, 2.24) is 10.2 Å². The van der Waals surface area contributed by atoms with Gasteiger partial charge < -0.3 is 5.32 Å². The van der Waals surface area contributed by atoms with Crippen LogP contribution in [0.4, 0.5) is 10.5 Å². The standard InChI is InChI=1S/C20H21N3O3/c1-14-8-10-17(11-9-14)23-15(2)19(25)22(20(23)26)13-18(24)21-12-16-6-4-3-5-7-16/h3-11,15H,12-13H2,1-2H3,(H,21,24). The molecule has 3 rings (SSSR count). The molecule has 1 heterocycles. The Morgan fingerprint density at radius 1 is 1.04 bits per heavy atom. The third-order valence-electron chi connectivity index (χ3n) is 4.39. The van der Waals surface area contributed by atoms with Gasteiger partial charge in [-0.25, -0.2) is 4.79 Å². The van der Waals surface area contributed by atoms with Crippen molar-refractivity contribution in [1.29, 1.82) is 0 Å². The van der Waals surface area contributed by atoms with E-state index in [0.29, 0.717) is 12.2 Å². The van der Waals surface area contributed by atoms with Gasteiger partial charge in [-0.15, -0.1) is 0 Å². The van der Waals surface area contributed by atoms with Crippen molar-refractivity contribution in [3.05, 3.63) is 65.7 Å². The molecule has 26 heavy (non-hydrogen) atoms. The highest BCUT2D eigenvalue weighted by molar-refractivity contribution is 6.15. The summed E-state index contributed by atoms with van der Waals surface area (Å²) in [7, 11) is 0. The summed E-state index contributed by atoms with van der Waals surface area (Å²) < 4.78 is 0. The molecule has 134 valence electrons. The fraction of sp³-hybridized carbons (Fsp3) is 0.250. The molecule has 1 N–H and O–H groups in total. The van der Waals surface area contributed by atoms with Gasteiger partial charge in [0.1, 0.15) is 12.6 Å². The minimum Gasteiger partial charge on any atom is -0.350 e. The quantitative estimate of drug-likeness (QED) is 0.842. The van der Waals surface area contributed by atoms with Crippen molar-refractivity contribution in [2.24, 2.45) is 0 Å². The fourth-order valence-electron chi connectivity index (χ4n) is 2.91. The van der Waals surface area contributed by atoms with E-state index in [1.807, 2.05) is 49.4 Å². The lowest BCUT2D eigenvalue weighted by Gasteiger charge is -2.19. The summed E-state index contributed by atoms with van der Waals surface area (Å²) in [5.74, 6) is -0.737. The van der Waals surface area contributed by atoms with Gasteiger partial charge in [0.15, 0.2) is 0 Å². The molecule has 1 fully saturated rings. The van der Waals surface area contributed by atoms with Crippen molar-refractivity contribution < 1.29 is 14.4 Å². The second-order valence-corrected chi connectivity index (χ2v) is 6.35. The molecule has 0 bridgehead atoms. The number of carbonyl (C=O) groups is 3. The average molecular weight is 351 g/mol. The number of nitrogens with zero attached hydrogens (tertiary/aromatic N) is 2. The van der Waals surface area contributed by atoms with Gasteiger partial charge in [0.25, 0.3) is 5.91 Å². The molecule has 2 aromatic carbocycles. The number of carbonyl (C=O) groups excluding carboxylic acids is 3. The number of anilines is 1. The molecule has 2 aromatic rings. The van der Waals surface area contributed by atoms with Crippen molar-refractivity contribution in [3.8, 4) is 0 Å². The van der Waals surface area contributed by atoms with E-state index >= 15 is 0 Å². The zero-order valence-electron chi connectivity index (χ0n) is 14.8. The number of benzene rings is 2. The van der Waals surface area contributed by atoms with Crippen LogP contribution < -0.4 is 10.2 Å². The molecule has 0 aromatic heterocycles. The van der Waals surface area contributed by atoms with E-state index in [-0.39, 0.29) is 18.4 Å². The Morgan fingerprint density at radius 3 is 2.35 bits per heavy atom. The van der Waals surface area contributed by atoms with Crippen molar-refractivity contribution >= 4 is 23.5 Å². The normalized spacial score (nSPS) is 16.9. The highest BCUT2D eigenvalue weighted by Crippen LogP contribution is 2.25. The van der Waals surface area contributed by atoms with Crippen molar-refractivity contribution in [3.63, 3.8) is 0 Å². The van der Waals surface area contributed by atoms with Crippen LogP contribution in [-0.2, 0) is 16.1 Å². The Hall–Kier alpha value is -3.15. The fourth-order valence-corrected chi connectivity index (χ4v) is 2.91. The molecular weight excluding hydrogens is 330 g/mol. The van der Waals surface area contributed by atoms with Crippen LogP contribution in [0.25, 0.3) is 0 Å². The monoisotopic (exact) mass is 351 g/mol. The summed E-state index contributed by atoms with van der Waals surface area (Å²) in [6, 6.07) is 15.7. The molecule has 1 aliphatic heterocycles. The van der Waals surface area contributed by atoms with E-state index in [1.165, 1.54) is 4.90 Å². The maximum atomic E-state index is 12.7. The third kappa shape index (κ3) is 3.59. The first kappa shape index (κ1) is 17.7. The van der Waals surface area contributed by atoms with Crippen LogP contribution in [0.5, 0.6) is 0 Å². The summed E-state index contributed by atoms with van der Waals surface area (Å²) in [6.07, 6.45) is 0. The van der Waals surface area contributed by atoms with E-state index < -0.39 is 12.1 Å². The van der Waals surface area contributed by atoms with Gasteiger partial charge in [-0.3, -0.25) is 19.4 Å². The highest BCUT2D eigenvalue weighted by Gasteiger charge is 2.43. The molecule has 1 aliphatic rings. The third-order valence-corrected chi connectivity index (χ3v) is 4.39. The predicted octanol–water partition coefficient (Wildman–Crippen LogP) is 2.47. The summed E-state index contributed by atoms with van der Waals surface area (Å²) >= 11 is 0. The minimum atomic E-state index is -0.632. The van der Waals surface area contributed by atoms with E-state index in [4.69, 9.17) is 0 Å². The number of rotatable bonds is 5. The molecule has 0 radical (unpaired) electrons. The van der Waals surface area contributed by atoms with Gasteiger partial charge in [0.05, 0.1) is 0 Å². The van der Waals surface area contributed by atoms with Crippen LogP contribution in [-0.4, -0.2) is 35.3 Å². The van der Waals surface area contributed by atoms with Crippen LogP contribution in [0.1, 0.15) is 18.1 Å². The Morgan fingerprint density at radius 2 is 1.69 bits per heavy atom. The minimum absolute atomic E-state index is 0.281. The van der Waals surface area contributed by atoms with Crippen molar-refractivity contribution in [2.75, 3.05) is 11.4 Å². The second-order valence-electron chi connectivity index (χ2n) is 6.35. The van der Waals surface area contributed by atoms with Crippen LogP contribution >= 0.6 is 0 Å². The summed E-state index contributed by atoms with van der Waals surface area (Å²) in [5.41, 5.74) is 2.67. The van der Waals surface area contributed by atoms with Crippen LogP contribution in [0.3, 0.4) is 0 Å². The largest absolute Gasteiger partial charge is 0.350 e. The number of urea groups is 1. The Balaban J connectivity index is 1.66. The Kier molecular flexibility index (Phi) is 5.02. The molecule has 1 unspecified atom stereocenters. The Labute approximate surface area is 152 Å². The topological polar surface area (TPSA) is 69.7 Å². The SMILES string of the molecule is Cc1ccc(N2C(=O)N(CC(=O)NCc3ccccc3)C(=O)C2C)cc1. The molecule has 1 saturated heterocycles. The molecule has 0 aliphatic carbocycles. The molecule has 6 heteroatoms. The summed E-state index contributed by atoms with van der Waals surface area (Å²) in [5, 5.41) is 2.74. The van der Waals surface area contributed by atoms with E-state index in [0.717, 1.165) is 16.0 Å². The maximum Gasteiger partial charge on any atom is 0.332 e. The van der Waals surface area contributed by atoms with Gasteiger partial charge in [-0.05, 0) is 31.5 Å². The molecule has 1 atom stereocenters. The molecule has 4 amide bonds. The number of nitrogens with one attached hydrogen (secondary N) is 1. The Bertz CT molecular complexity index is 818. The molecular formula is C20H21N3O3. The number of hydrogen-bond acceptors (Lipinski definition) is 3. The number of aryl methyl sites for hydroxylation is 1.